The van der Waals surface area contributed by atoms with Crippen molar-refractivity contribution in [3.8, 4) is 0 Å². The molecule has 0 radical (unpaired) electrons. The van der Waals surface area contributed by atoms with Gasteiger partial charge in [-0.2, -0.15) is 5.10 Å². The summed E-state index contributed by atoms with van der Waals surface area (Å²) in [4.78, 5) is 22.0. The average Bonchev–Trinajstić information content (AvgIpc) is 2.73. The molecule has 7 heteroatoms. The van der Waals surface area contributed by atoms with Crippen LogP contribution in [0.1, 0.15) is 26.8 Å². The van der Waals surface area contributed by atoms with Crippen LogP contribution in [0.15, 0.2) is 12.3 Å². The predicted molar refractivity (Wildman–Crippen MR) is 64.3 cm³/mol. The number of aromatic nitrogens is 2. The van der Waals surface area contributed by atoms with E-state index in [0.29, 0.717) is 5.82 Å². The molecule has 0 unspecified atom stereocenters. The van der Waals surface area contributed by atoms with Gasteiger partial charge in [0.1, 0.15) is 12.4 Å². The van der Waals surface area contributed by atoms with Crippen molar-refractivity contribution < 1.29 is 19.4 Å². The molecule has 1 aromatic heterocycles. The number of nitrogens with one attached hydrogen (secondary N) is 1. The molecule has 0 bridgehead atoms. The molecule has 0 saturated heterocycles. The zero-order chi connectivity index (χ0) is 13.7. The van der Waals surface area contributed by atoms with Crippen LogP contribution in [0.3, 0.4) is 0 Å². The van der Waals surface area contributed by atoms with Gasteiger partial charge in [-0.3, -0.25) is 4.79 Å². The van der Waals surface area contributed by atoms with Crippen molar-refractivity contribution in [3.63, 3.8) is 0 Å². The van der Waals surface area contributed by atoms with Crippen LogP contribution in [0.25, 0.3) is 0 Å². The smallest absolute Gasteiger partial charge is 0.332 e. The molecule has 18 heavy (non-hydrogen) atoms. The Morgan fingerprint density at radius 2 is 2.17 bits per heavy atom. The first-order valence-electron chi connectivity index (χ1n) is 5.59. The number of carboxylic acid groups (broad SMARTS) is 1. The number of hydrogen-bond acceptors (Lipinski definition) is 4. The highest BCUT2D eigenvalue weighted by atomic mass is 16.5. The third kappa shape index (κ3) is 3.85. The summed E-state index contributed by atoms with van der Waals surface area (Å²) >= 11 is 0. The summed E-state index contributed by atoms with van der Waals surface area (Å²) in [6, 6.07) is 1.78. The van der Waals surface area contributed by atoms with Gasteiger partial charge in [-0.1, -0.05) is 0 Å². The van der Waals surface area contributed by atoms with Crippen LogP contribution in [0.5, 0.6) is 0 Å². The second-order valence-corrected chi connectivity index (χ2v) is 4.09. The van der Waals surface area contributed by atoms with E-state index in [-0.39, 0.29) is 12.6 Å². The molecule has 0 saturated carbocycles. The van der Waals surface area contributed by atoms with Crippen LogP contribution < -0.4 is 5.32 Å². The highest BCUT2D eigenvalue weighted by molar-refractivity contribution is 5.91. The third-order valence-corrected chi connectivity index (χ3v) is 2.24. The molecule has 0 aliphatic rings. The fourth-order valence-electron chi connectivity index (χ4n) is 1.28. The van der Waals surface area contributed by atoms with Gasteiger partial charge in [-0.15, -0.1) is 0 Å². The zero-order valence-corrected chi connectivity index (χ0v) is 10.6. The maximum Gasteiger partial charge on any atom is 0.332 e. The number of carboxylic acids is 1. The maximum atomic E-state index is 11.5. The number of aliphatic carboxylic acids is 1. The molecule has 1 rings (SSSR count). The first kappa shape index (κ1) is 14.2. The number of carbonyl (C=O) groups is 2. The van der Waals surface area contributed by atoms with Gasteiger partial charge in [0.25, 0.3) is 5.91 Å². The topological polar surface area (TPSA) is 93.5 Å². The Balaban J connectivity index is 2.50. The summed E-state index contributed by atoms with van der Waals surface area (Å²) in [5.41, 5.74) is 0. The van der Waals surface area contributed by atoms with Gasteiger partial charge in [0, 0.05) is 12.1 Å². The number of rotatable bonds is 6. The largest absolute Gasteiger partial charge is 0.479 e. The molecule has 0 aliphatic carbocycles. The predicted octanol–water partition coefficient (Wildman–Crippen LogP) is 0.892. The van der Waals surface area contributed by atoms with Gasteiger partial charge in [0.05, 0.1) is 6.20 Å². The minimum Gasteiger partial charge on any atom is -0.479 e. The Labute approximate surface area is 105 Å². The standard InChI is InChI=1S/C11H17N3O4/c1-7(2)14-9(4-5-12-14)13-10(15)6-18-8(3)11(16)17/h4-5,7-8H,6H2,1-3H3,(H,13,15)(H,16,17)/t8-/m0/s1. The van der Waals surface area contributed by atoms with Crippen LogP contribution in [0.4, 0.5) is 5.82 Å². The fraction of sp³-hybridized carbons (Fsp3) is 0.545. The van der Waals surface area contributed by atoms with E-state index in [4.69, 9.17) is 9.84 Å². The molecule has 2 N–H and O–H groups in total. The van der Waals surface area contributed by atoms with Crippen molar-refractivity contribution in [1.82, 2.24) is 9.78 Å². The Hall–Kier alpha value is -1.89. The number of carbonyl (C=O) groups excluding carboxylic acids is 1. The number of anilines is 1. The highest BCUT2D eigenvalue weighted by Gasteiger charge is 2.14. The van der Waals surface area contributed by atoms with Crippen LogP contribution in [0, 0.1) is 0 Å². The highest BCUT2D eigenvalue weighted by Crippen LogP contribution is 2.12. The second kappa shape index (κ2) is 6.15. The van der Waals surface area contributed by atoms with Gasteiger partial charge < -0.3 is 15.2 Å². The molecule has 1 heterocycles. The van der Waals surface area contributed by atoms with Crippen molar-refractivity contribution in [1.29, 1.82) is 0 Å². The zero-order valence-electron chi connectivity index (χ0n) is 10.6. The van der Waals surface area contributed by atoms with Gasteiger partial charge in [0.2, 0.25) is 0 Å². The number of nitrogens with zero attached hydrogens (tertiary/aromatic N) is 2. The lowest BCUT2D eigenvalue weighted by atomic mass is 10.4. The summed E-state index contributed by atoms with van der Waals surface area (Å²) in [6.07, 6.45) is 0.571. The molecule has 0 aliphatic heterocycles. The van der Waals surface area contributed by atoms with Crippen molar-refractivity contribution in [2.75, 3.05) is 11.9 Å². The molecule has 0 spiro atoms. The van der Waals surface area contributed by atoms with Crippen LogP contribution in [-0.4, -0.2) is 39.5 Å². The summed E-state index contributed by atoms with van der Waals surface area (Å²) in [6.45, 7) is 4.93. The molecule has 7 nitrogen and oxygen atoms in total. The Bertz CT molecular complexity index is 428. The monoisotopic (exact) mass is 255 g/mol. The van der Waals surface area contributed by atoms with E-state index in [1.165, 1.54) is 6.92 Å². The lowest BCUT2D eigenvalue weighted by molar-refractivity contribution is -0.150. The molecule has 0 fully saturated rings. The van der Waals surface area contributed by atoms with Crippen LogP contribution in [0.2, 0.25) is 0 Å². The van der Waals surface area contributed by atoms with Crippen molar-refractivity contribution in [2.24, 2.45) is 0 Å². The van der Waals surface area contributed by atoms with Crippen molar-refractivity contribution >= 4 is 17.7 Å². The third-order valence-electron chi connectivity index (χ3n) is 2.24. The average molecular weight is 255 g/mol. The Morgan fingerprint density at radius 3 is 2.72 bits per heavy atom. The van der Waals surface area contributed by atoms with Gasteiger partial charge in [0.15, 0.2) is 6.10 Å². The maximum absolute atomic E-state index is 11.5. The van der Waals surface area contributed by atoms with E-state index in [1.54, 1.807) is 16.9 Å². The number of ether oxygens (including phenoxy) is 1. The summed E-state index contributed by atoms with van der Waals surface area (Å²) in [5, 5.41) is 15.3. The van der Waals surface area contributed by atoms with Gasteiger partial charge in [-0.25, -0.2) is 9.48 Å². The quantitative estimate of drug-likeness (QED) is 0.787. The molecule has 0 aromatic carbocycles. The number of hydrogen-bond donors (Lipinski definition) is 2. The van der Waals surface area contributed by atoms with Crippen molar-refractivity contribution in [3.05, 3.63) is 12.3 Å². The van der Waals surface area contributed by atoms with Crippen molar-refractivity contribution in [2.45, 2.75) is 32.9 Å². The van der Waals surface area contributed by atoms with E-state index in [1.807, 2.05) is 13.8 Å². The van der Waals surface area contributed by atoms with E-state index in [0.717, 1.165) is 0 Å². The number of amides is 1. The van der Waals surface area contributed by atoms with E-state index in [9.17, 15) is 9.59 Å². The molecule has 1 amide bonds. The lowest BCUT2D eigenvalue weighted by Crippen LogP contribution is -2.27. The normalized spacial score (nSPS) is 12.4. The van der Waals surface area contributed by atoms with Crippen LogP contribution >= 0.6 is 0 Å². The minimum absolute atomic E-state index is 0.120. The SMILES string of the molecule is CC(C)n1nccc1NC(=O)CO[C@@H](C)C(=O)O. The Kier molecular flexibility index (Phi) is 4.85. The first-order chi connectivity index (χ1) is 8.41. The molecular formula is C11H17N3O4. The molecule has 1 aromatic rings. The first-order valence-corrected chi connectivity index (χ1v) is 5.59. The van der Waals surface area contributed by atoms with Gasteiger partial charge >= 0.3 is 5.97 Å². The molecule has 1 atom stereocenters. The van der Waals surface area contributed by atoms with Gasteiger partial charge in [-0.05, 0) is 20.8 Å². The summed E-state index contributed by atoms with van der Waals surface area (Å²) < 4.78 is 6.52. The van der Waals surface area contributed by atoms with E-state index >= 15 is 0 Å². The summed E-state index contributed by atoms with van der Waals surface area (Å²) in [7, 11) is 0. The van der Waals surface area contributed by atoms with E-state index < -0.39 is 18.0 Å². The van der Waals surface area contributed by atoms with Crippen LogP contribution in [-0.2, 0) is 14.3 Å². The minimum atomic E-state index is -1.10. The second-order valence-electron chi connectivity index (χ2n) is 4.09. The summed E-state index contributed by atoms with van der Waals surface area (Å²) in [5.74, 6) is -0.956. The van der Waals surface area contributed by atoms with E-state index in [2.05, 4.69) is 10.4 Å². The molecule has 100 valence electrons. The fourth-order valence-corrected chi connectivity index (χ4v) is 1.28. The lowest BCUT2D eigenvalue weighted by Gasteiger charge is -2.12. The molecular weight excluding hydrogens is 238 g/mol. The Morgan fingerprint density at radius 1 is 1.50 bits per heavy atom.